The summed E-state index contributed by atoms with van der Waals surface area (Å²) in [5.41, 5.74) is 5.25. The number of hydrogen-bond acceptors (Lipinski definition) is 1. The zero-order valence-corrected chi connectivity index (χ0v) is 9.88. The van der Waals surface area contributed by atoms with E-state index < -0.39 is 34.9 Å². The largest absolute Gasteiger partial charge is 0.323 e. The van der Waals surface area contributed by atoms with E-state index in [1.807, 2.05) is 0 Å². The lowest BCUT2D eigenvalue weighted by Crippen LogP contribution is -2.16. The predicted octanol–water partition coefficient (Wildman–Crippen LogP) is 3.63. The van der Waals surface area contributed by atoms with Crippen molar-refractivity contribution in [3.05, 3.63) is 47.1 Å². The molecule has 0 bridgehead atoms. The minimum absolute atomic E-state index is 0. The Balaban J connectivity index is 0.00000256. The quantitative estimate of drug-likeness (QED) is 0.506. The fraction of sp³-hybridized carbons (Fsp3) is 0.273. The van der Waals surface area contributed by atoms with Gasteiger partial charge in [0.1, 0.15) is 0 Å². The van der Waals surface area contributed by atoms with Crippen molar-refractivity contribution in [3.63, 3.8) is 0 Å². The highest BCUT2D eigenvalue weighted by atomic mass is 35.5. The van der Waals surface area contributed by atoms with E-state index in [0.717, 1.165) is 0 Å². The lowest BCUT2D eigenvalue weighted by molar-refractivity contribution is 0.426. The molecule has 0 fully saturated rings. The first-order valence-electron chi connectivity index (χ1n) is 4.57. The summed E-state index contributed by atoms with van der Waals surface area (Å²) < 4.78 is 52.2. The Morgan fingerprint density at radius 3 is 2.00 bits per heavy atom. The Morgan fingerprint density at radius 2 is 1.65 bits per heavy atom. The highest BCUT2D eigenvalue weighted by Crippen LogP contribution is 2.27. The van der Waals surface area contributed by atoms with Crippen molar-refractivity contribution in [2.24, 2.45) is 5.73 Å². The molecular formula is C11H12ClF4N. The van der Waals surface area contributed by atoms with E-state index in [1.165, 1.54) is 0 Å². The molecule has 17 heavy (non-hydrogen) atoms. The van der Waals surface area contributed by atoms with E-state index in [1.54, 1.807) is 6.92 Å². The number of halogens is 5. The second-order valence-corrected chi connectivity index (χ2v) is 3.65. The van der Waals surface area contributed by atoms with Crippen LogP contribution in [0.1, 0.15) is 24.9 Å². The number of rotatable bonds is 3. The van der Waals surface area contributed by atoms with Crippen LogP contribution in [0.25, 0.3) is 0 Å². The first kappa shape index (κ1) is 15.9. The predicted molar refractivity (Wildman–Crippen MR) is 59.9 cm³/mol. The van der Waals surface area contributed by atoms with Crippen LogP contribution in [0.2, 0.25) is 0 Å². The van der Waals surface area contributed by atoms with Gasteiger partial charge in [-0.3, -0.25) is 0 Å². The van der Waals surface area contributed by atoms with Crippen molar-refractivity contribution in [2.45, 2.75) is 19.4 Å². The van der Waals surface area contributed by atoms with E-state index in [2.05, 4.69) is 6.58 Å². The van der Waals surface area contributed by atoms with Gasteiger partial charge in [-0.2, -0.15) is 0 Å². The van der Waals surface area contributed by atoms with Gasteiger partial charge in [0.25, 0.3) is 0 Å². The van der Waals surface area contributed by atoms with Gasteiger partial charge < -0.3 is 5.73 Å². The van der Waals surface area contributed by atoms with Crippen LogP contribution >= 0.6 is 12.4 Å². The van der Waals surface area contributed by atoms with Crippen molar-refractivity contribution in [1.82, 2.24) is 0 Å². The van der Waals surface area contributed by atoms with Gasteiger partial charge in [-0.1, -0.05) is 5.57 Å². The van der Waals surface area contributed by atoms with E-state index in [9.17, 15) is 17.6 Å². The lowest BCUT2D eigenvalue weighted by atomic mass is 9.99. The molecule has 6 heteroatoms. The summed E-state index contributed by atoms with van der Waals surface area (Å²) in [7, 11) is 0. The maximum absolute atomic E-state index is 13.3. The third-order valence-electron chi connectivity index (χ3n) is 2.08. The monoisotopic (exact) mass is 269 g/mol. The van der Waals surface area contributed by atoms with Crippen LogP contribution in [0.5, 0.6) is 0 Å². The molecule has 2 N–H and O–H groups in total. The van der Waals surface area contributed by atoms with Crippen molar-refractivity contribution in [3.8, 4) is 0 Å². The fourth-order valence-electron chi connectivity index (χ4n) is 1.39. The normalized spacial score (nSPS) is 11.9. The molecule has 1 atom stereocenters. The highest BCUT2D eigenvalue weighted by molar-refractivity contribution is 5.85. The molecule has 0 aliphatic heterocycles. The summed E-state index contributed by atoms with van der Waals surface area (Å²) in [6, 6.07) is -0.996. The highest BCUT2D eigenvalue weighted by Gasteiger charge is 2.23. The summed E-state index contributed by atoms with van der Waals surface area (Å²) >= 11 is 0. The maximum Gasteiger partial charge on any atom is 0.166 e. The Morgan fingerprint density at radius 1 is 1.24 bits per heavy atom. The smallest absolute Gasteiger partial charge is 0.166 e. The molecule has 0 spiro atoms. The van der Waals surface area contributed by atoms with Gasteiger partial charge in [0, 0.05) is 17.7 Å². The summed E-state index contributed by atoms with van der Waals surface area (Å²) in [4.78, 5) is 0. The van der Waals surface area contributed by atoms with E-state index in [4.69, 9.17) is 5.73 Å². The van der Waals surface area contributed by atoms with Gasteiger partial charge in [0.2, 0.25) is 0 Å². The van der Waals surface area contributed by atoms with Crippen LogP contribution < -0.4 is 5.73 Å². The Hall–Kier alpha value is -1.07. The van der Waals surface area contributed by atoms with Crippen molar-refractivity contribution in [2.75, 3.05) is 0 Å². The van der Waals surface area contributed by atoms with Crippen LogP contribution in [0.15, 0.2) is 18.2 Å². The van der Waals surface area contributed by atoms with Gasteiger partial charge in [-0.25, -0.2) is 17.6 Å². The average Bonchev–Trinajstić information content (AvgIpc) is 2.14. The first-order chi connectivity index (χ1) is 7.34. The molecule has 0 heterocycles. The molecule has 0 aromatic heterocycles. The van der Waals surface area contributed by atoms with E-state index >= 15 is 0 Å². The van der Waals surface area contributed by atoms with Crippen molar-refractivity contribution < 1.29 is 17.6 Å². The topological polar surface area (TPSA) is 26.0 Å². The minimum atomic E-state index is -1.45. The van der Waals surface area contributed by atoms with Gasteiger partial charge in [-0.05, 0) is 13.3 Å². The molecule has 0 aliphatic carbocycles. The van der Waals surface area contributed by atoms with Gasteiger partial charge in [0.15, 0.2) is 23.3 Å². The molecular weight excluding hydrogens is 258 g/mol. The van der Waals surface area contributed by atoms with Gasteiger partial charge in [-0.15, -0.1) is 19.0 Å². The number of nitrogens with two attached hydrogens (primary N) is 1. The van der Waals surface area contributed by atoms with E-state index in [0.29, 0.717) is 5.57 Å². The fourth-order valence-corrected chi connectivity index (χ4v) is 1.39. The van der Waals surface area contributed by atoms with Crippen LogP contribution in [0.3, 0.4) is 0 Å². The number of benzene rings is 1. The first-order valence-corrected chi connectivity index (χ1v) is 4.57. The molecule has 1 aromatic carbocycles. The lowest BCUT2D eigenvalue weighted by Gasteiger charge is -2.14. The minimum Gasteiger partial charge on any atom is -0.323 e. The Bertz CT molecular complexity index is 408. The Kier molecular flexibility index (Phi) is 5.64. The molecule has 96 valence electrons. The molecule has 1 rings (SSSR count). The molecule has 0 unspecified atom stereocenters. The third kappa shape index (κ3) is 3.44. The van der Waals surface area contributed by atoms with Gasteiger partial charge >= 0.3 is 0 Å². The zero-order valence-electron chi connectivity index (χ0n) is 9.07. The summed E-state index contributed by atoms with van der Waals surface area (Å²) in [6.07, 6.45) is 0.0523. The maximum atomic E-state index is 13.3. The Labute approximate surface area is 103 Å². The molecule has 0 saturated carbocycles. The van der Waals surface area contributed by atoms with Crippen LogP contribution in [-0.4, -0.2) is 0 Å². The molecule has 1 nitrogen and oxygen atoms in total. The second kappa shape index (κ2) is 6.02. The molecule has 0 saturated heterocycles. The zero-order chi connectivity index (χ0) is 12.5. The third-order valence-corrected chi connectivity index (χ3v) is 2.08. The molecule has 1 aromatic rings. The summed E-state index contributed by atoms with van der Waals surface area (Å²) in [6.45, 7) is 5.11. The molecule has 0 radical (unpaired) electrons. The molecule has 0 amide bonds. The summed E-state index contributed by atoms with van der Waals surface area (Å²) in [5.74, 6) is -5.81. The summed E-state index contributed by atoms with van der Waals surface area (Å²) in [5, 5.41) is 0. The van der Waals surface area contributed by atoms with Crippen molar-refractivity contribution >= 4 is 12.4 Å². The van der Waals surface area contributed by atoms with Crippen LogP contribution in [-0.2, 0) is 0 Å². The standard InChI is InChI=1S/C11H11F4N.ClH/c1-5(2)3-8(16)9-10(14)6(12)4-7(13)11(9)15;/h4,8H,1,3,16H2,2H3;1H/t8-;/m0./s1. The molecule has 0 aliphatic rings. The van der Waals surface area contributed by atoms with Gasteiger partial charge in [0.05, 0.1) is 0 Å². The SMILES string of the molecule is C=C(C)C[C@H](N)c1c(F)c(F)cc(F)c1F.Cl. The van der Waals surface area contributed by atoms with Crippen LogP contribution in [0, 0.1) is 23.3 Å². The van der Waals surface area contributed by atoms with E-state index in [-0.39, 0.29) is 24.9 Å². The number of hydrogen-bond donors (Lipinski definition) is 1. The second-order valence-electron chi connectivity index (χ2n) is 3.65. The van der Waals surface area contributed by atoms with Crippen LogP contribution in [0.4, 0.5) is 17.6 Å². The van der Waals surface area contributed by atoms with Crippen molar-refractivity contribution in [1.29, 1.82) is 0 Å². The average molecular weight is 270 g/mol.